The standard InChI is InChI=1S/C16H25FN2O2/c1-4-5-6-9-19-16(20)12(3)21-15-8-7-13(17)10-14(15)11(2)18/h7-8,10-12H,4-6,9,18H2,1-3H3,(H,19,20). The highest BCUT2D eigenvalue weighted by molar-refractivity contribution is 5.80. The molecule has 0 fully saturated rings. The second kappa shape index (κ2) is 8.62. The highest BCUT2D eigenvalue weighted by atomic mass is 19.1. The van der Waals surface area contributed by atoms with Gasteiger partial charge in [0.1, 0.15) is 11.6 Å². The minimum absolute atomic E-state index is 0.175. The van der Waals surface area contributed by atoms with Gasteiger partial charge in [-0.1, -0.05) is 19.8 Å². The van der Waals surface area contributed by atoms with Crippen molar-refractivity contribution in [3.05, 3.63) is 29.6 Å². The van der Waals surface area contributed by atoms with Gasteiger partial charge in [0.25, 0.3) is 5.91 Å². The minimum atomic E-state index is -0.644. The molecule has 2 unspecified atom stereocenters. The van der Waals surface area contributed by atoms with Crippen LogP contribution in [0.2, 0.25) is 0 Å². The van der Waals surface area contributed by atoms with Crippen LogP contribution in [0.3, 0.4) is 0 Å². The largest absolute Gasteiger partial charge is 0.481 e. The molecule has 2 atom stereocenters. The fraction of sp³-hybridized carbons (Fsp3) is 0.562. The summed E-state index contributed by atoms with van der Waals surface area (Å²) < 4.78 is 18.9. The van der Waals surface area contributed by atoms with Crippen molar-refractivity contribution in [3.63, 3.8) is 0 Å². The van der Waals surface area contributed by atoms with E-state index < -0.39 is 6.10 Å². The van der Waals surface area contributed by atoms with Gasteiger partial charge in [-0.15, -0.1) is 0 Å². The molecular weight excluding hydrogens is 271 g/mol. The van der Waals surface area contributed by atoms with Crippen LogP contribution < -0.4 is 15.8 Å². The number of nitrogens with one attached hydrogen (secondary N) is 1. The number of hydrogen-bond acceptors (Lipinski definition) is 3. The molecule has 0 aliphatic heterocycles. The number of nitrogens with two attached hydrogens (primary N) is 1. The van der Waals surface area contributed by atoms with Crippen LogP contribution in [-0.2, 0) is 4.79 Å². The van der Waals surface area contributed by atoms with Crippen LogP contribution in [0.5, 0.6) is 5.75 Å². The molecule has 1 aromatic rings. The first-order chi connectivity index (χ1) is 9.95. The predicted molar refractivity (Wildman–Crippen MR) is 81.6 cm³/mol. The average Bonchev–Trinajstić information content (AvgIpc) is 2.44. The first-order valence-electron chi connectivity index (χ1n) is 7.45. The van der Waals surface area contributed by atoms with Gasteiger partial charge in [-0.3, -0.25) is 4.79 Å². The zero-order valence-corrected chi connectivity index (χ0v) is 13.0. The molecule has 0 spiro atoms. The Morgan fingerprint density at radius 2 is 2.10 bits per heavy atom. The molecule has 0 radical (unpaired) electrons. The number of carbonyl (C=O) groups excluding carboxylic acids is 1. The van der Waals surface area contributed by atoms with Crippen molar-refractivity contribution in [2.24, 2.45) is 5.73 Å². The Bertz CT molecular complexity index is 464. The van der Waals surface area contributed by atoms with Crippen LogP contribution in [-0.4, -0.2) is 18.6 Å². The first-order valence-corrected chi connectivity index (χ1v) is 7.45. The lowest BCUT2D eigenvalue weighted by molar-refractivity contribution is -0.127. The number of carbonyl (C=O) groups is 1. The van der Waals surface area contributed by atoms with E-state index in [1.165, 1.54) is 18.2 Å². The van der Waals surface area contributed by atoms with E-state index in [1.54, 1.807) is 13.8 Å². The molecule has 0 aliphatic rings. The lowest BCUT2D eigenvalue weighted by Crippen LogP contribution is -2.37. The molecule has 0 saturated carbocycles. The van der Waals surface area contributed by atoms with Crippen molar-refractivity contribution in [3.8, 4) is 5.75 Å². The number of ether oxygens (including phenoxy) is 1. The van der Waals surface area contributed by atoms with Crippen LogP contribution in [0, 0.1) is 5.82 Å². The van der Waals surface area contributed by atoms with E-state index in [9.17, 15) is 9.18 Å². The molecule has 1 amide bonds. The third kappa shape index (κ3) is 5.71. The molecule has 3 N–H and O–H groups in total. The van der Waals surface area contributed by atoms with Crippen LogP contribution in [0.4, 0.5) is 4.39 Å². The van der Waals surface area contributed by atoms with E-state index in [2.05, 4.69) is 12.2 Å². The number of benzene rings is 1. The highest BCUT2D eigenvalue weighted by Gasteiger charge is 2.17. The van der Waals surface area contributed by atoms with Crippen molar-refractivity contribution >= 4 is 5.91 Å². The van der Waals surface area contributed by atoms with Crippen LogP contribution in [0.15, 0.2) is 18.2 Å². The van der Waals surface area contributed by atoms with Gasteiger partial charge >= 0.3 is 0 Å². The Labute approximate surface area is 125 Å². The first kappa shape index (κ1) is 17.4. The van der Waals surface area contributed by atoms with E-state index in [1.807, 2.05) is 0 Å². The summed E-state index contributed by atoms with van der Waals surface area (Å²) in [7, 11) is 0. The highest BCUT2D eigenvalue weighted by Crippen LogP contribution is 2.25. The van der Waals surface area contributed by atoms with Gasteiger partial charge in [0.15, 0.2) is 6.10 Å². The summed E-state index contributed by atoms with van der Waals surface area (Å²) in [5.74, 6) is -0.0972. The molecular formula is C16H25FN2O2. The third-order valence-corrected chi connectivity index (χ3v) is 3.21. The lowest BCUT2D eigenvalue weighted by atomic mass is 10.1. The monoisotopic (exact) mass is 296 g/mol. The van der Waals surface area contributed by atoms with Crippen molar-refractivity contribution < 1.29 is 13.9 Å². The molecule has 1 aromatic carbocycles. The Hall–Kier alpha value is -1.62. The third-order valence-electron chi connectivity index (χ3n) is 3.21. The van der Waals surface area contributed by atoms with Gasteiger partial charge in [-0.05, 0) is 38.5 Å². The summed E-state index contributed by atoms with van der Waals surface area (Å²) in [4.78, 5) is 11.9. The number of rotatable bonds is 8. The van der Waals surface area contributed by atoms with Crippen LogP contribution >= 0.6 is 0 Å². The van der Waals surface area contributed by atoms with Gasteiger partial charge in [0.05, 0.1) is 0 Å². The predicted octanol–water partition coefficient (Wildman–Crippen LogP) is 2.92. The molecule has 118 valence electrons. The SMILES string of the molecule is CCCCCNC(=O)C(C)Oc1ccc(F)cc1C(C)N. The molecule has 0 saturated heterocycles. The zero-order valence-electron chi connectivity index (χ0n) is 13.0. The van der Waals surface area contributed by atoms with Gasteiger partial charge < -0.3 is 15.8 Å². The molecule has 0 aromatic heterocycles. The second-order valence-electron chi connectivity index (χ2n) is 5.23. The van der Waals surface area contributed by atoms with Crippen molar-refractivity contribution in [1.82, 2.24) is 5.32 Å². The maximum absolute atomic E-state index is 13.3. The summed E-state index contributed by atoms with van der Waals surface area (Å²) in [5.41, 5.74) is 6.36. The van der Waals surface area contributed by atoms with Gasteiger partial charge in [0, 0.05) is 18.2 Å². The van der Waals surface area contributed by atoms with Crippen molar-refractivity contribution in [1.29, 1.82) is 0 Å². The summed E-state index contributed by atoms with van der Waals surface area (Å²) in [5, 5.41) is 2.83. The zero-order chi connectivity index (χ0) is 15.8. The Balaban J connectivity index is 2.61. The Morgan fingerprint density at radius 1 is 1.38 bits per heavy atom. The number of amides is 1. The van der Waals surface area contributed by atoms with E-state index >= 15 is 0 Å². The topological polar surface area (TPSA) is 64.3 Å². The van der Waals surface area contributed by atoms with Crippen molar-refractivity contribution in [2.45, 2.75) is 52.2 Å². The van der Waals surface area contributed by atoms with E-state index in [0.717, 1.165) is 19.3 Å². The Morgan fingerprint density at radius 3 is 2.71 bits per heavy atom. The molecule has 0 aliphatic carbocycles. The molecule has 4 nitrogen and oxygen atoms in total. The van der Waals surface area contributed by atoms with E-state index in [0.29, 0.717) is 17.9 Å². The fourth-order valence-electron chi connectivity index (χ4n) is 1.96. The summed E-state index contributed by atoms with van der Waals surface area (Å²) in [6, 6.07) is 3.78. The molecule has 21 heavy (non-hydrogen) atoms. The summed E-state index contributed by atoms with van der Waals surface area (Å²) in [6.45, 7) is 6.17. The second-order valence-corrected chi connectivity index (χ2v) is 5.23. The van der Waals surface area contributed by atoms with E-state index in [4.69, 9.17) is 10.5 Å². The fourth-order valence-corrected chi connectivity index (χ4v) is 1.96. The molecule has 0 heterocycles. The van der Waals surface area contributed by atoms with Crippen molar-refractivity contribution in [2.75, 3.05) is 6.54 Å². The van der Waals surface area contributed by atoms with Gasteiger partial charge in [-0.25, -0.2) is 4.39 Å². The number of halogens is 1. The molecule has 5 heteroatoms. The maximum atomic E-state index is 13.3. The van der Waals surface area contributed by atoms with Crippen LogP contribution in [0.1, 0.15) is 51.6 Å². The minimum Gasteiger partial charge on any atom is -0.481 e. The smallest absolute Gasteiger partial charge is 0.260 e. The average molecular weight is 296 g/mol. The molecule has 1 rings (SSSR count). The summed E-state index contributed by atoms with van der Waals surface area (Å²) >= 11 is 0. The van der Waals surface area contributed by atoms with Gasteiger partial charge in [0.2, 0.25) is 0 Å². The lowest BCUT2D eigenvalue weighted by Gasteiger charge is -2.18. The maximum Gasteiger partial charge on any atom is 0.260 e. The van der Waals surface area contributed by atoms with Gasteiger partial charge in [-0.2, -0.15) is 0 Å². The summed E-state index contributed by atoms with van der Waals surface area (Å²) in [6.07, 6.45) is 2.50. The Kier molecular flexibility index (Phi) is 7.15. The number of unbranched alkanes of at least 4 members (excludes halogenated alkanes) is 2. The van der Waals surface area contributed by atoms with Crippen LogP contribution in [0.25, 0.3) is 0 Å². The quantitative estimate of drug-likeness (QED) is 0.725. The normalized spacial score (nSPS) is 13.6. The van der Waals surface area contributed by atoms with E-state index in [-0.39, 0.29) is 17.8 Å². The molecule has 0 bridgehead atoms. The number of hydrogen-bond donors (Lipinski definition) is 2.